The van der Waals surface area contributed by atoms with Crippen LogP contribution < -0.4 is 21.1 Å². The zero-order chi connectivity index (χ0) is 22.4. The van der Waals surface area contributed by atoms with Crippen molar-refractivity contribution in [3.05, 3.63) is 10.4 Å². The summed E-state index contributed by atoms with van der Waals surface area (Å²) in [4.78, 5) is 48.3. The molecular weight excluding hydrogens is 452 g/mol. The van der Waals surface area contributed by atoms with Crippen molar-refractivity contribution in [3.63, 3.8) is 0 Å². The van der Waals surface area contributed by atoms with Crippen LogP contribution in [0, 0.1) is 0 Å². The van der Waals surface area contributed by atoms with E-state index >= 15 is 0 Å². The number of aliphatic hydroxyl groups excluding tert-OH is 1. The molecule has 2 aliphatic heterocycles. The molecule has 1 unspecified atom stereocenters. The van der Waals surface area contributed by atoms with E-state index in [0.717, 1.165) is 0 Å². The van der Waals surface area contributed by atoms with Gasteiger partial charge >= 0.3 is 15.6 Å². The van der Waals surface area contributed by atoms with Gasteiger partial charge in [0.2, 0.25) is 5.95 Å². The van der Waals surface area contributed by atoms with E-state index < -0.39 is 52.4 Å². The Labute approximate surface area is 169 Å². The maximum absolute atomic E-state index is 12.2. The summed E-state index contributed by atoms with van der Waals surface area (Å²) < 4.78 is 41.6. The van der Waals surface area contributed by atoms with E-state index in [1.54, 1.807) is 11.9 Å². The van der Waals surface area contributed by atoms with E-state index in [2.05, 4.69) is 18.8 Å². The SMILES string of the molecule is CO[C@H]1[C@@H](O)[C@H](N2CN(C)c3c2nc(N)[nH]c3=O)O[C@@H]1COP(=O)(O)OP(=O)(O)O. The Hall–Kier alpha value is -1.58. The van der Waals surface area contributed by atoms with Gasteiger partial charge in [0.25, 0.3) is 5.56 Å². The van der Waals surface area contributed by atoms with Crippen LogP contribution >= 0.6 is 15.6 Å². The summed E-state index contributed by atoms with van der Waals surface area (Å²) in [7, 11) is -7.55. The number of methoxy groups -OCH3 is 1. The molecule has 1 fully saturated rings. The number of rotatable bonds is 7. The van der Waals surface area contributed by atoms with Crippen LogP contribution in [-0.2, 0) is 27.4 Å². The first-order valence-electron chi connectivity index (χ1n) is 8.31. The zero-order valence-electron chi connectivity index (χ0n) is 15.7. The third-order valence-electron chi connectivity index (χ3n) is 4.41. The number of phosphoric acid groups is 2. The van der Waals surface area contributed by atoms with Gasteiger partial charge in [-0.25, -0.2) is 9.13 Å². The fraction of sp³-hybridized carbons (Fsp3) is 0.667. The highest BCUT2D eigenvalue weighted by atomic mass is 31.3. The molecule has 1 saturated heterocycles. The molecule has 1 aromatic rings. The Kier molecular flexibility index (Phi) is 6.28. The van der Waals surface area contributed by atoms with Gasteiger partial charge in [-0.3, -0.25) is 14.3 Å². The van der Waals surface area contributed by atoms with Crippen molar-refractivity contribution >= 4 is 33.1 Å². The Morgan fingerprint density at radius 3 is 2.63 bits per heavy atom. The lowest BCUT2D eigenvalue weighted by Crippen LogP contribution is -2.46. The van der Waals surface area contributed by atoms with Crippen LogP contribution in [-0.4, -0.2) is 81.7 Å². The van der Waals surface area contributed by atoms with Gasteiger partial charge in [0.05, 0.1) is 13.3 Å². The number of hydrogen-bond donors (Lipinski definition) is 6. The Morgan fingerprint density at radius 2 is 2.03 bits per heavy atom. The largest absolute Gasteiger partial charge is 0.481 e. The molecule has 170 valence electrons. The summed E-state index contributed by atoms with van der Waals surface area (Å²) >= 11 is 0. The van der Waals surface area contributed by atoms with Gasteiger partial charge < -0.3 is 44.8 Å². The molecule has 3 heterocycles. The van der Waals surface area contributed by atoms with Crippen LogP contribution in [0.1, 0.15) is 0 Å². The maximum atomic E-state index is 12.2. The number of nitrogens with one attached hydrogen (secondary N) is 1. The van der Waals surface area contributed by atoms with Gasteiger partial charge in [-0.15, -0.1) is 0 Å². The van der Waals surface area contributed by atoms with Crippen molar-refractivity contribution < 1.29 is 47.2 Å². The Balaban J connectivity index is 1.79. The van der Waals surface area contributed by atoms with Gasteiger partial charge in [-0.2, -0.15) is 9.29 Å². The number of hydrogen-bond acceptors (Lipinski definition) is 12. The smallest absolute Gasteiger partial charge is 0.386 e. The van der Waals surface area contributed by atoms with E-state index in [9.17, 15) is 23.9 Å². The number of fused-ring (bicyclic) bond motifs is 1. The standard InChI is InChI=1S/C12H21N5O11P2/c1-16-4-17(9-6(16)10(19)15-12(13)14-9)11-7(18)8(25-2)5(27-11)3-26-30(23,24)28-29(20,21)22/h5,7-8,11,18H,3-4H2,1-2H3,(H,23,24)(H2,20,21,22)(H3,13,14,15,19)/t5-,7-,8-,11-/m1/s1. The van der Waals surface area contributed by atoms with Crippen LogP contribution in [0.5, 0.6) is 0 Å². The van der Waals surface area contributed by atoms with E-state index in [1.807, 2.05) is 0 Å². The number of ether oxygens (including phenoxy) is 2. The second-order valence-electron chi connectivity index (χ2n) is 6.53. The van der Waals surface area contributed by atoms with Crippen molar-refractivity contribution in [2.75, 3.05) is 43.0 Å². The van der Waals surface area contributed by atoms with Gasteiger partial charge in [0, 0.05) is 14.2 Å². The van der Waals surface area contributed by atoms with Gasteiger partial charge in [-0.1, -0.05) is 0 Å². The van der Waals surface area contributed by atoms with Crippen molar-refractivity contribution in [1.82, 2.24) is 9.97 Å². The average molecular weight is 473 g/mol. The summed E-state index contributed by atoms with van der Waals surface area (Å²) in [5.74, 6) is 0.00222. The minimum atomic E-state index is -5.29. The molecule has 1 aromatic heterocycles. The second kappa shape index (κ2) is 8.16. The minimum absolute atomic E-state index is 0.0976. The normalized spacial score (nSPS) is 28.6. The molecule has 16 nitrogen and oxygen atoms in total. The van der Waals surface area contributed by atoms with E-state index in [0.29, 0.717) is 0 Å². The predicted octanol–water partition coefficient (Wildman–Crippen LogP) is -2.11. The summed E-state index contributed by atoms with van der Waals surface area (Å²) in [6.45, 7) is -0.609. The predicted molar refractivity (Wildman–Crippen MR) is 99.4 cm³/mol. The number of nitrogen functional groups attached to an aromatic ring is 1. The molecule has 0 saturated carbocycles. The third kappa shape index (κ3) is 4.68. The molecule has 0 aliphatic carbocycles. The molecule has 7 N–H and O–H groups in total. The zero-order valence-corrected chi connectivity index (χ0v) is 17.5. The number of aromatic amines is 1. The van der Waals surface area contributed by atoms with Crippen molar-refractivity contribution in [1.29, 1.82) is 0 Å². The molecule has 5 atom stereocenters. The lowest BCUT2D eigenvalue weighted by atomic mass is 10.1. The van der Waals surface area contributed by atoms with Crippen molar-refractivity contribution in [3.8, 4) is 0 Å². The molecule has 2 aliphatic rings. The summed E-state index contributed by atoms with van der Waals surface area (Å²) in [5, 5.41) is 10.6. The average Bonchev–Trinajstić information content (AvgIpc) is 3.07. The first-order valence-corrected chi connectivity index (χ1v) is 11.3. The fourth-order valence-corrected chi connectivity index (χ4v) is 4.91. The molecule has 0 aromatic carbocycles. The number of nitrogens with zero attached hydrogens (tertiary/aromatic N) is 3. The lowest BCUT2D eigenvalue weighted by Gasteiger charge is -2.27. The second-order valence-corrected chi connectivity index (χ2v) is 9.35. The number of H-pyrrole nitrogens is 1. The summed E-state index contributed by atoms with van der Waals surface area (Å²) in [6, 6.07) is 0. The van der Waals surface area contributed by atoms with Crippen molar-refractivity contribution in [2.24, 2.45) is 0 Å². The molecule has 0 amide bonds. The maximum Gasteiger partial charge on any atom is 0.481 e. The number of phosphoric ester groups is 1. The number of anilines is 3. The molecule has 0 radical (unpaired) electrons. The number of aromatic nitrogens is 2. The Bertz CT molecular complexity index is 953. The lowest BCUT2D eigenvalue weighted by molar-refractivity contribution is -0.0353. The van der Waals surface area contributed by atoms with Crippen LogP contribution in [0.25, 0.3) is 0 Å². The molecular formula is C12H21N5O11P2. The van der Waals surface area contributed by atoms with Crippen molar-refractivity contribution in [2.45, 2.75) is 24.5 Å². The third-order valence-corrected chi connectivity index (χ3v) is 6.57. The van der Waals surface area contributed by atoms with E-state index in [4.69, 9.17) is 25.0 Å². The highest BCUT2D eigenvalue weighted by Gasteiger charge is 2.50. The van der Waals surface area contributed by atoms with Gasteiger partial charge in [0.1, 0.15) is 24.0 Å². The minimum Gasteiger partial charge on any atom is -0.386 e. The van der Waals surface area contributed by atoms with Gasteiger partial charge in [-0.05, 0) is 0 Å². The van der Waals surface area contributed by atoms with Gasteiger partial charge in [0.15, 0.2) is 12.0 Å². The molecule has 3 rings (SSSR count). The number of aliphatic hydroxyl groups is 1. The Morgan fingerprint density at radius 1 is 1.37 bits per heavy atom. The molecule has 30 heavy (non-hydrogen) atoms. The van der Waals surface area contributed by atoms with E-state index in [-0.39, 0.29) is 24.1 Å². The van der Waals surface area contributed by atoms with E-state index in [1.165, 1.54) is 12.0 Å². The quantitative estimate of drug-likeness (QED) is 0.233. The fourth-order valence-electron chi connectivity index (χ4n) is 3.31. The summed E-state index contributed by atoms with van der Waals surface area (Å²) in [5.41, 5.74) is 5.31. The number of nitrogens with two attached hydrogens (primary N) is 1. The first kappa shape index (κ1) is 23.1. The summed E-state index contributed by atoms with van der Waals surface area (Å²) in [6.07, 6.45) is -4.61. The molecule has 18 heteroatoms. The van der Waals surface area contributed by atoms with Crippen LogP contribution in [0.3, 0.4) is 0 Å². The molecule has 0 bridgehead atoms. The van der Waals surface area contributed by atoms with Crippen LogP contribution in [0.15, 0.2) is 4.79 Å². The topological polar surface area (TPSA) is 230 Å². The highest BCUT2D eigenvalue weighted by Crippen LogP contribution is 2.57. The monoisotopic (exact) mass is 473 g/mol. The van der Waals surface area contributed by atoms with Crippen LogP contribution in [0.4, 0.5) is 17.5 Å². The first-order chi connectivity index (χ1) is 13.8. The molecule has 0 spiro atoms. The highest BCUT2D eigenvalue weighted by molar-refractivity contribution is 7.60. The van der Waals surface area contributed by atoms with Crippen LogP contribution in [0.2, 0.25) is 0 Å².